The average Bonchev–Trinajstić information content (AvgIpc) is 2.47. The number of hydrogen-bond acceptors (Lipinski definition) is 4. The van der Waals surface area contributed by atoms with Crippen LogP contribution in [-0.4, -0.2) is 8.42 Å². The van der Waals surface area contributed by atoms with E-state index in [2.05, 4.69) is 0 Å². The molecule has 0 aliphatic rings. The Kier molecular flexibility index (Phi) is 4.64. The molecule has 0 N–H and O–H groups in total. The molecule has 0 aromatic heterocycles. The molecule has 0 radical (unpaired) electrons. The number of nitrogens with zero attached hydrogens (tertiary/aromatic N) is 1. The lowest BCUT2D eigenvalue weighted by Crippen LogP contribution is -2.06. The predicted octanol–water partition coefficient (Wildman–Crippen LogP) is 3.57. The molecule has 22 heavy (non-hydrogen) atoms. The first-order valence-electron chi connectivity index (χ1n) is 6.60. The van der Waals surface area contributed by atoms with Crippen molar-refractivity contribution in [3.8, 4) is 6.07 Å². The average molecular weight is 313 g/mol. The first-order valence-corrected chi connectivity index (χ1v) is 8.01. The van der Waals surface area contributed by atoms with Crippen LogP contribution < -0.4 is 0 Å². The van der Waals surface area contributed by atoms with Crippen molar-refractivity contribution in [2.75, 3.05) is 0 Å². The summed E-state index contributed by atoms with van der Waals surface area (Å²) in [7, 11) is -3.98. The SMILES string of the molecule is Cc1ccc(S(=O)(=O)O/C(=C\C#N)c2cccc(C)c2)cc1. The minimum atomic E-state index is -3.98. The summed E-state index contributed by atoms with van der Waals surface area (Å²) in [4.78, 5) is 0.0505. The Labute approximate surface area is 130 Å². The fraction of sp³-hybridized carbons (Fsp3) is 0.118. The second kappa shape index (κ2) is 6.46. The van der Waals surface area contributed by atoms with Gasteiger partial charge in [0.15, 0.2) is 5.76 Å². The highest BCUT2D eigenvalue weighted by Gasteiger charge is 2.19. The second-order valence-electron chi connectivity index (χ2n) is 4.86. The van der Waals surface area contributed by atoms with Crippen LogP contribution in [0.5, 0.6) is 0 Å². The zero-order chi connectivity index (χ0) is 16.2. The summed E-state index contributed by atoms with van der Waals surface area (Å²) >= 11 is 0. The van der Waals surface area contributed by atoms with Crippen LogP contribution in [0.2, 0.25) is 0 Å². The van der Waals surface area contributed by atoms with Gasteiger partial charge in [0.1, 0.15) is 4.90 Å². The molecule has 112 valence electrons. The van der Waals surface area contributed by atoms with E-state index in [1.165, 1.54) is 12.1 Å². The number of benzene rings is 2. The van der Waals surface area contributed by atoms with E-state index >= 15 is 0 Å². The summed E-state index contributed by atoms with van der Waals surface area (Å²) in [6, 6.07) is 15.3. The van der Waals surface area contributed by atoms with Crippen LogP contribution in [-0.2, 0) is 14.3 Å². The maximum absolute atomic E-state index is 12.3. The van der Waals surface area contributed by atoms with Crippen molar-refractivity contribution in [3.05, 3.63) is 71.3 Å². The molecule has 0 fully saturated rings. The molecule has 5 heteroatoms. The molecule has 0 aliphatic heterocycles. The lowest BCUT2D eigenvalue weighted by molar-refractivity contribution is 0.463. The van der Waals surface area contributed by atoms with Gasteiger partial charge in [0.05, 0.1) is 12.1 Å². The molecule has 0 amide bonds. The van der Waals surface area contributed by atoms with Crippen molar-refractivity contribution < 1.29 is 12.6 Å². The molecule has 0 heterocycles. The first-order chi connectivity index (χ1) is 10.4. The summed E-state index contributed by atoms with van der Waals surface area (Å²) < 4.78 is 29.8. The molecule has 2 rings (SSSR count). The van der Waals surface area contributed by atoms with Crippen LogP contribution >= 0.6 is 0 Å². The van der Waals surface area contributed by atoms with Crippen LogP contribution in [0.3, 0.4) is 0 Å². The molecular weight excluding hydrogens is 298 g/mol. The number of rotatable bonds is 4. The lowest BCUT2D eigenvalue weighted by Gasteiger charge is -2.10. The Morgan fingerprint density at radius 1 is 1.09 bits per heavy atom. The number of allylic oxidation sites excluding steroid dienone is 1. The summed E-state index contributed by atoms with van der Waals surface area (Å²) in [5, 5.41) is 8.87. The maximum Gasteiger partial charge on any atom is 0.339 e. The fourth-order valence-corrected chi connectivity index (χ4v) is 2.83. The number of aryl methyl sites for hydroxylation is 2. The van der Waals surface area contributed by atoms with E-state index in [1.54, 1.807) is 30.3 Å². The molecule has 0 saturated carbocycles. The zero-order valence-corrected chi connectivity index (χ0v) is 13.1. The molecule has 2 aromatic rings. The van der Waals surface area contributed by atoms with Crippen LogP contribution in [0.25, 0.3) is 5.76 Å². The summed E-state index contributed by atoms with van der Waals surface area (Å²) in [5.41, 5.74) is 2.43. The number of hydrogen-bond donors (Lipinski definition) is 0. The zero-order valence-electron chi connectivity index (χ0n) is 12.3. The van der Waals surface area contributed by atoms with Crippen LogP contribution in [0.15, 0.2) is 59.5 Å². The highest BCUT2D eigenvalue weighted by Crippen LogP contribution is 2.23. The highest BCUT2D eigenvalue weighted by atomic mass is 32.2. The van der Waals surface area contributed by atoms with Crippen molar-refractivity contribution >= 4 is 15.9 Å². The summed E-state index contributed by atoms with van der Waals surface area (Å²) in [5.74, 6) is 0.00627. The topological polar surface area (TPSA) is 67.2 Å². The van der Waals surface area contributed by atoms with Gasteiger partial charge in [-0.25, -0.2) is 0 Å². The summed E-state index contributed by atoms with van der Waals surface area (Å²) in [6.45, 7) is 3.74. The van der Waals surface area contributed by atoms with Gasteiger partial charge in [-0.2, -0.15) is 13.7 Å². The van der Waals surface area contributed by atoms with Gasteiger partial charge in [0.2, 0.25) is 0 Å². The Hall–Kier alpha value is -2.58. The molecule has 0 spiro atoms. The van der Waals surface area contributed by atoms with E-state index < -0.39 is 10.1 Å². The van der Waals surface area contributed by atoms with E-state index in [4.69, 9.17) is 9.44 Å². The second-order valence-corrected chi connectivity index (χ2v) is 6.40. The standard InChI is InChI=1S/C17H15NO3S/c1-13-6-8-16(9-7-13)22(19,20)21-17(10-11-18)15-5-3-4-14(2)12-15/h3-10,12H,1-2H3/b17-10-. The van der Waals surface area contributed by atoms with E-state index in [0.29, 0.717) is 5.56 Å². The van der Waals surface area contributed by atoms with Crippen molar-refractivity contribution in [1.82, 2.24) is 0 Å². The van der Waals surface area contributed by atoms with Crippen molar-refractivity contribution in [1.29, 1.82) is 5.26 Å². The van der Waals surface area contributed by atoms with Gasteiger partial charge >= 0.3 is 10.1 Å². The largest absolute Gasteiger partial charge is 0.378 e. The molecule has 2 aromatic carbocycles. The minimum Gasteiger partial charge on any atom is -0.378 e. The smallest absolute Gasteiger partial charge is 0.339 e. The van der Waals surface area contributed by atoms with E-state index in [9.17, 15) is 8.42 Å². The van der Waals surface area contributed by atoms with Crippen molar-refractivity contribution in [2.24, 2.45) is 0 Å². The van der Waals surface area contributed by atoms with Crippen LogP contribution in [0, 0.1) is 25.2 Å². The molecule has 0 bridgehead atoms. The maximum atomic E-state index is 12.3. The first kappa shape index (κ1) is 15.8. The van der Waals surface area contributed by atoms with Crippen molar-refractivity contribution in [3.63, 3.8) is 0 Å². The predicted molar refractivity (Wildman–Crippen MR) is 84.2 cm³/mol. The third-order valence-corrected chi connectivity index (χ3v) is 4.26. The third-order valence-electron chi connectivity index (χ3n) is 3.01. The molecule has 4 nitrogen and oxygen atoms in total. The van der Waals surface area contributed by atoms with Gasteiger partial charge in [-0.05, 0) is 32.0 Å². The molecular formula is C17H15NO3S. The monoisotopic (exact) mass is 313 g/mol. The molecule has 0 atom stereocenters. The van der Waals surface area contributed by atoms with E-state index in [-0.39, 0.29) is 10.7 Å². The Balaban J connectivity index is 2.38. The van der Waals surface area contributed by atoms with E-state index in [1.807, 2.05) is 26.0 Å². The quantitative estimate of drug-likeness (QED) is 0.491. The normalized spacial score (nSPS) is 11.8. The third kappa shape index (κ3) is 3.74. The van der Waals surface area contributed by atoms with Gasteiger partial charge < -0.3 is 4.18 Å². The van der Waals surface area contributed by atoms with Gasteiger partial charge in [-0.3, -0.25) is 0 Å². The van der Waals surface area contributed by atoms with Crippen LogP contribution in [0.1, 0.15) is 16.7 Å². The molecule has 0 saturated heterocycles. The van der Waals surface area contributed by atoms with Gasteiger partial charge in [-0.15, -0.1) is 0 Å². The summed E-state index contributed by atoms with van der Waals surface area (Å²) in [6.07, 6.45) is 1.08. The number of nitriles is 1. The van der Waals surface area contributed by atoms with Gasteiger partial charge in [0, 0.05) is 5.56 Å². The molecule has 0 unspecified atom stereocenters. The van der Waals surface area contributed by atoms with Gasteiger partial charge in [-0.1, -0.05) is 41.5 Å². The minimum absolute atomic E-state index is 0.00627. The van der Waals surface area contributed by atoms with Gasteiger partial charge in [0.25, 0.3) is 0 Å². The highest BCUT2D eigenvalue weighted by molar-refractivity contribution is 7.87. The van der Waals surface area contributed by atoms with Crippen LogP contribution in [0.4, 0.5) is 0 Å². The van der Waals surface area contributed by atoms with E-state index in [0.717, 1.165) is 17.2 Å². The Morgan fingerprint density at radius 3 is 2.36 bits per heavy atom. The Morgan fingerprint density at radius 2 is 1.77 bits per heavy atom. The Bertz CT molecular complexity index is 844. The molecule has 0 aliphatic carbocycles. The lowest BCUT2D eigenvalue weighted by atomic mass is 10.1. The van der Waals surface area contributed by atoms with Crippen molar-refractivity contribution in [2.45, 2.75) is 18.7 Å². The fourth-order valence-electron chi connectivity index (χ4n) is 1.88.